The molecule has 0 aliphatic heterocycles. The Kier molecular flexibility index (Phi) is 5.13. The van der Waals surface area contributed by atoms with Crippen LogP contribution in [0.2, 0.25) is 0 Å². The van der Waals surface area contributed by atoms with Crippen LogP contribution in [0.1, 0.15) is 18.4 Å². The van der Waals surface area contributed by atoms with Crippen molar-refractivity contribution in [2.75, 3.05) is 13.4 Å². The summed E-state index contributed by atoms with van der Waals surface area (Å²) in [6, 6.07) is 5.77. The van der Waals surface area contributed by atoms with E-state index in [-0.39, 0.29) is 0 Å². The summed E-state index contributed by atoms with van der Waals surface area (Å²) in [5.74, 6) is -1.22. The number of benzene rings is 1. The summed E-state index contributed by atoms with van der Waals surface area (Å²) in [5, 5.41) is 0.946. The molecular weight excluding hydrogens is 421 g/mol. The Morgan fingerprint density at radius 1 is 1.36 bits per heavy atom. The molecule has 0 amide bonds. The molecule has 0 saturated carbocycles. The molecule has 22 heavy (non-hydrogen) atoms. The van der Waals surface area contributed by atoms with Crippen LogP contribution in [-0.2, 0) is 23.8 Å². The third-order valence-electron chi connectivity index (χ3n) is 3.34. The molecule has 0 aliphatic carbocycles. The molecule has 0 aliphatic rings. The van der Waals surface area contributed by atoms with Crippen molar-refractivity contribution in [3.05, 3.63) is 33.5 Å². The first-order valence-corrected chi connectivity index (χ1v) is 9.35. The predicted octanol–water partition coefficient (Wildman–Crippen LogP) is 2.39. The second-order valence-corrected chi connectivity index (χ2v) is 7.70. The first kappa shape index (κ1) is 17.2. The molecular formula is C14H16INO5S. The number of ether oxygens (including phenoxy) is 1. The van der Waals surface area contributed by atoms with Gasteiger partial charge in [0.25, 0.3) is 10.1 Å². The fourth-order valence-electron chi connectivity index (χ4n) is 2.32. The van der Waals surface area contributed by atoms with Crippen LogP contribution in [-0.4, -0.2) is 38.8 Å². The van der Waals surface area contributed by atoms with Gasteiger partial charge in [-0.3, -0.25) is 4.18 Å². The molecule has 0 saturated heterocycles. The number of hydrogen-bond acceptors (Lipinski definition) is 5. The average molecular weight is 437 g/mol. The van der Waals surface area contributed by atoms with E-state index in [1.54, 1.807) is 13.1 Å². The summed E-state index contributed by atoms with van der Waals surface area (Å²) >= 11 is 2.20. The summed E-state index contributed by atoms with van der Waals surface area (Å²) < 4.78 is 33.5. The minimum Gasteiger partial charge on any atom is -0.467 e. The van der Waals surface area contributed by atoms with Crippen LogP contribution in [0.5, 0.6) is 0 Å². The maximum absolute atomic E-state index is 11.9. The third kappa shape index (κ3) is 3.61. The minimum absolute atomic E-state index is 0.494. The van der Waals surface area contributed by atoms with Crippen molar-refractivity contribution in [3.8, 4) is 0 Å². The molecule has 0 unspecified atom stereocenters. The zero-order valence-corrected chi connectivity index (χ0v) is 15.3. The fourth-order valence-corrected chi connectivity index (χ4v) is 3.75. The Morgan fingerprint density at radius 3 is 2.64 bits per heavy atom. The largest absolute Gasteiger partial charge is 0.467 e. The first-order chi connectivity index (χ1) is 10.2. The summed E-state index contributed by atoms with van der Waals surface area (Å²) in [5.41, 5.74) is 1.72. The number of methoxy groups -OCH3 is 1. The highest BCUT2D eigenvalue weighted by Gasteiger charge is 2.33. The van der Waals surface area contributed by atoms with Gasteiger partial charge in [0.05, 0.1) is 13.4 Å². The van der Waals surface area contributed by atoms with Gasteiger partial charge in [0.2, 0.25) is 0 Å². The van der Waals surface area contributed by atoms with Gasteiger partial charge in [-0.25, -0.2) is 4.79 Å². The lowest BCUT2D eigenvalue weighted by molar-refractivity contribution is -0.149. The van der Waals surface area contributed by atoms with E-state index >= 15 is 0 Å². The summed E-state index contributed by atoms with van der Waals surface area (Å²) in [7, 11) is -2.59. The molecule has 1 aromatic carbocycles. The Hall–Kier alpha value is -1.13. The van der Waals surface area contributed by atoms with Crippen molar-refractivity contribution in [1.29, 1.82) is 0 Å². The summed E-state index contributed by atoms with van der Waals surface area (Å²) in [6.07, 6.45) is 1.45. The minimum atomic E-state index is -3.79. The van der Waals surface area contributed by atoms with E-state index in [1.807, 2.05) is 18.2 Å². The number of aromatic amines is 1. The Morgan fingerprint density at radius 2 is 2.05 bits per heavy atom. The fraction of sp³-hybridized carbons (Fsp3) is 0.357. The van der Waals surface area contributed by atoms with Gasteiger partial charge in [-0.1, -0.05) is 13.0 Å². The smallest absolute Gasteiger partial charge is 0.337 e. The van der Waals surface area contributed by atoms with Gasteiger partial charge >= 0.3 is 5.97 Å². The lowest BCUT2D eigenvalue weighted by atomic mass is 9.95. The molecule has 0 fully saturated rings. The van der Waals surface area contributed by atoms with E-state index in [0.29, 0.717) is 0 Å². The van der Waals surface area contributed by atoms with Gasteiger partial charge in [-0.15, -0.1) is 0 Å². The molecule has 1 heterocycles. The number of fused-ring (bicyclic) bond motifs is 1. The molecule has 1 N–H and O–H groups in total. The molecule has 120 valence electrons. The van der Waals surface area contributed by atoms with Gasteiger partial charge in [-0.2, -0.15) is 8.42 Å². The van der Waals surface area contributed by atoms with Crippen molar-refractivity contribution >= 4 is 49.6 Å². The van der Waals surface area contributed by atoms with Gasteiger partial charge < -0.3 is 9.72 Å². The van der Waals surface area contributed by atoms with E-state index in [9.17, 15) is 13.2 Å². The highest BCUT2D eigenvalue weighted by atomic mass is 127. The van der Waals surface area contributed by atoms with Crippen LogP contribution in [0.15, 0.2) is 24.4 Å². The molecule has 1 aromatic heterocycles. The van der Waals surface area contributed by atoms with E-state index in [2.05, 4.69) is 32.3 Å². The maximum atomic E-state index is 11.9. The lowest BCUT2D eigenvalue weighted by Crippen LogP contribution is -2.33. The lowest BCUT2D eigenvalue weighted by Gasteiger charge is -2.20. The number of H-pyrrole nitrogens is 1. The highest BCUT2D eigenvalue weighted by Crippen LogP contribution is 2.32. The Labute approximate surface area is 142 Å². The SMILES string of the molecule is COC(=O)[C@@H](OS(C)(=O)=O)[C@H](C)c1c[nH]c2cccc(I)c12. The van der Waals surface area contributed by atoms with Gasteiger partial charge in [-0.05, 0) is 40.3 Å². The van der Waals surface area contributed by atoms with E-state index in [4.69, 9.17) is 4.18 Å². The molecule has 0 radical (unpaired) electrons. The number of aromatic nitrogens is 1. The molecule has 0 bridgehead atoms. The standard InChI is InChI=1S/C14H16INO5S/c1-8(13(14(17)20-2)21-22(3,18)19)9-7-16-11-6-4-5-10(15)12(9)11/h4-8,13,16H,1-3H3/t8-,13+/m1/s1. The molecule has 8 heteroatoms. The zero-order valence-electron chi connectivity index (χ0n) is 12.3. The number of halogens is 1. The Balaban J connectivity index is 2.49. The van der Waals surface area contributed by atoms with Crippen molar-refractivity contribution in [2.45, 2.75) is 18.9 Å². The van der Waals surface area contributed by atoms with Crippen LogP contribution in [0.25, 0.3) is 10.9 Å². The highest BCUT2D eigenvalue weighted by molar-refractivity contribution is 14.1. The second kappa shape index (κ2) is 6.55. The van der Waals surface area contributed by atoms with E-state index in [1.165, 1.54) is 7.11 Å². The van der Waals surface area contributed by atoms with Crippen molar-refractivity contribution < 1.29 is 22.1 Å². The zero-order chi connectivity index (χ0) is 16.5. The van der Waals surface area contributed by atoms with Crippen molar-refractivity contribution in [3.63, 3.8) is 0 Å². The average Bonchev–Trinajstić information content (AvgIpc) is 2.87. The maximum Gasteiger partial charge on any atom is 0.337 e. The number of carbonyl (C=O) groups excluding carboxylic acids is 1. The topological polar surface area (TPSA) is 85.5 Å². The molecule has 0 spiro atoms. The molecule has 2 atom stereocenters. The number of hydrogen-bond donors (Lipinski definition) is 1. The predicted molar refractivity (Wildman–Crippen MR) is 91.2 cm³/mol. The first-order valence-electron chi connectivity index (χ1n) is 6.46. The van der Waals surface area contributed by atoms with Crippen LogP contribution in [0.3, 0.4) is 0 Å². The van der Waals surface area contributed by atoms with Gasteiger partial charge in [0.1, 0.15) is 0 Å². The third-order valence-corrected chi connectivity index (χ3v) is 4.80. The van der Waals surface area contributed by atoms with Crippen LogP contribution in [0, 0.1) is 3.57 Å². The van der Waals surface area contributed by atoms with Crippen LogP contribution >= 0.6 is 22.6 Å². The number of esters is 1. The summed E-state index contributed by atoms with van der Waals surface area (Å²) in [4.78, 5) is 15.0. The second-order valence-electron chi connectivity index (χ2n) is 4.94. The molecule has 2 rings (SSSR count). The summed E-state index contributed by atoms with van der Waals surface area (Å²) in [6.45, 7) is 1.73. The monoisotopic (exact) mass is 437 g/mol. The number of rotatable bonds is 5. The number of nitrogens with one attached hydrogen (secondary N) is 1. The van der Waals surface area contributed by atoms with Crippen molar-refractivity contribution in [1.82, 2.24) is 4.98 Å². The number of carbonyl (C=O) groups is 1. The normalized spacial score (nSPS) is 14.7. The molecule has 2 aromatic rings. The van der Waals surface area contributed by atoms with Gasteiger partial charge in [0, 0.05) is 26.6 Å². The quantitative estimate of drug-likeness (QED) is 0.441. The van der Waals surface area contributed by atoms with E-state index in [0.717, 1.165) is 26.3 Å². The molecule has 6 nitrogen and oxygen atoms in total. The van der Waals surface area contributed by atoms with Crippen LogP contribution < -0.4 is 0 Å². The van der Waals surface area contributed by atoms with E-state index < -0.39 is 28.1 Å². The van der Waals surface area contributed by atoms with Crippen LogP contribution in [0.4, 0.5) is 0 Å². The Bertz CT molecular complexity index is 799. The van der Waals surface area contributed by atoms with Gasteiger partial charge in [0.15, 0.2) is 6.10 Å². The van der Waals surface area contributed by atoms with Crippen molar-refractivity contribution in [2.24, 2.45) is 0 Å².